The molecule has 1 amide bonds. The minimum absolute atomic E-state index is 0.383. The first kappa shape index (κ1) is 14.5. The van der Waals surface area contributed by atoms with Crippen molar-refractivity contribution in [3.63, 3.8) is 0 Å². The van der Waals surface area contributed by atoms with Gasteiger partial charge in [-0.1, -0.05) is 29.8 Å². The summed E-state index contributed by atoms with van der Waals surface area (Å²) < 4.78 is 1.66. The van der Waals surface area contributed by atoms with Crippen molar-refractivity contribution >= 4 is 6.03 Å². The summed E-state index contributed by atoms with van der Waals surface area (Å²) >= 11 is 0. The van der Waals surface area contributed by atoms with Gasteiger partial charge in [0.05, 0.1) is 0 Å². The summed E-state index contributed by atoms with van der Waals surface area (Å²) in [6, 6.07) is 10.1. The molecule has 0 saturated carbocycles. The molecule has 2 aromatic rings. The average molecular weight is 309 g/mol. The van der Waals surface area contributed by atoms with E-state index in [0.29, 0.717) is 5.92 Å². The van der Waals surface area contributed by atoms with Gasteiger partial charge in [0.25, 0.3) is 0 Å². The van der Waals surface area contributed by atoms with E-state index in [-0.39, 0.29) is 6.03 Å². The van der Waals surface area contributed by atoms with Crippen molar-refractivity contribution in [2.75, 3.05) is 19.6 Å². The lowest BCUT2D eigenvalue weighted by Crippen LogP contribution is -2.34. The number of rotatable bonds is 2. The maximum atomic E-state index is 11.9. The maximum absolute atomic E-state index is 11.9. The molecule has 1 aromatic carbocycles. The van der Waals surface area contributed by atoms with Gasteiger partial charge in [0.1, 0.15) is 0 Å². The molecule has 4 nitrogen and oxygen atoms in total. The van der Waals surface area contributed by atoms with Crippen LogP contribution in [0, 0.1) is 12.8 Å². The molecule has 1 aromatic heterocycles. The van der Waals surface area contributed by atoms with Crippen LogP contribution in [-0.4, -0.2) is 35.1 Å². The molecule has 2 saturated heterocycles. The number of carbonyl (C=O) groups excluding carboxylic acids is 1. The molecule has 120 valence electrons. The van der Waals surface area contributed by atoms with Gasteiger partial charge in [0, 0.05) is 36.5 Å². The highest BCUT2D eigenvalue weighted by molar-refractivity contribution is 5.80. The van der Waals surface area contributed by atoms with Gasteiger partial charge < -0.3 is 10.6 Å². The predicted octanol–water partition coefficient (Wildman–Crippen LogP) is 3.20. The molecular formula is C19H23N3O. The highest BCUT2D eigenvalue weighted by Crippen LogP contribution is 2.40. The Balaban J connectivity index is 1.80. The fourth-order valence-corrected chi connectivity index (χ4v) is 4.37. The second-order valence-corrected chi connectivity index (χ2v) is 7.04. The summed E-state index contributed by atoms with van der Waals surface area (Å²) in [4.78, 5) is 14.5. The third-order valence-corrected chi connectivity index (χ3v) is 5.35. The van der Waals surface area contributed by atoms with Crippen molar-refractivity contribution in [2.24, 2.45) is 11.7 Å². The zero-order valence-electron chi connectivity index (χ0n) is 13.5. The number of carbonyl (C=O) groups is 1. The summed E-state index contributed by atoms with van der Waals surface area (Å²) in [5.41, 5.74) is 10.3. The van der Waals surface area contributed by atoms with Gasteiger partial charge in [-0.3, -0.25) is 4.57 Å². The zero-order chi connectivity index (χ0) is 16.0. The van der Waals surface area contributed by atoms with Gasteiger partial charge in [-0.05, 0) is 43.9 Å². The molecule has 0 aliphatic carbocycles. The van der Waals surface area contributed by atoms with E-state index >= 15 is 0 Å². The predicted molar refractivity (Wildman–Crippen MR) is 91.5 cm³/mol. The lowest BCUT2D eigenvalue weighted by Gasteiger charge is -2.31. The van der Waals surface area contributed by atoms with E-state index in [1.165, 1.54) is 30.6 Å². The smallest absolute Gasteiger partial charge is 0.323 e. The number of aryl methyl sites for hydroxylation is 1. The van der Waals surface area contributed by atoms with Crippen molar-refractivity contribution in [2.45, 2.75) is 25.7 Å². The third-order valence-electron chi connectivity index (χ3n) is 5.35. The van der Waals surface area contributed by atoms with Gasteiger partial charge in [0.2, 0.25) is 0 Å². The topological polar surface area (TPSA) is 51.3 Å². The largest absolute Gasteiger partial charge is 0.351 e. The Bertz CT molecular complexity index is 737. The molecule has 2 N–H and O–H groups in total. The molecule has 4 rings (SSSR count). The maximum Gasteiger partial charge on any atom is 0.323 e. The first-order valence-electron chi connectivity index (χ1n) is 8.42. The van der Waals surface area contributed by atoms with Gasteiger partial charge >= 0.3 is 6.03 Å². The summed E-state index contributed by atoms with van der Waals surface area (Å²) in [6.45, 7) is 5.54. The molecule has 0 radical (unpaired) electrons. The van der Waals surface area contributed by atoms with Crippen LogP contribution in [0.25, 0.3) is 11.1 Å². The van der Waals surface area contributed by atoms with E-state index in [1.54, 1.807) is 4.57 Å². The number of nitrogens with zero attached hydrogens (tertiary/aromatic N) is 2. The molecule has 2 aliphatic rings. The van der Waals surface area contributed by atoms with Crippen LogP contribution >= 0.6 is 0 Å². The van der Waals surface area contributed by atoms with E-state index < -0.39 is 0 Å². The van der Waals surface area contributed by atoms with Crippen LogP contribution in [0.5, 0.6) is 0 Å². The lowest BCUT2D eigenvalue weighted by atomic mass is 9.86. The lowest BCUT2D eigenvalue weighted by molar-refractivity contribution is 0.233. The minimum atomic E-state index is -0.383. The molecule has 0 spiro atoms. The molecule has 2 bridgehead atoms. The van der Waals surface area contributed by atoms with E-state index in [2.05, 4.69) is 36.1 Å². The number of amides is 1. The van der Waals surface area contributed by atoms with Crippen molar-refractivity contribution in [1.82, 2.24) is 9.47 Å². The van der Waals surface area contributed by atoms with Crippen LogP contribution < -0.4 is 5.73 Å². The first-order valence-corrected chi connectivity index (χ1v) is 8.42. The van der Waals surface area contributed by atoms with E-state index in [4.69, 9.17) is 5.73 Å². The molecule has 3 atom stereocenters. The summed E-state index contributed by atoms with van der Waals surface area (Å²) in [5.74, 6) is 1.14. The standard InChI is InChI=1S/C19H23N3O/c1-13-3-2-4-15(9-13)17-6-8-22(19(20)23)18(17)16-10-14-5-7-21(11-14)12-16/h2-4,6,8-9,14,16H,5,7,10-12H2,1H3,(H2,20,23). The fourth-order valence-electron chi connectivity index (χ4n) is 4.37. The van der Waals surface area contributed by atoms with Crippen molar-refractivity contribution < 1.29 is 4.79 Å². The van der Waals surface area contributed by atoms with Crippen LogP contribution in [0.3, 0.4) is 0 Å². The highest BCUT2D eigenvalue weighted by atomic mass is 16.2. The summed E-state index contributed by atoms with van der Waals surface area (Å²) in [5, 5.41) is 0. The van der Waals surface area contributed by atoms with Gasteiger partial charge in [-0.25, -0.2) is 4.79 Å². The molecule has 3 unspecified atom stereocenters. The quantitative estimate of drug-likeness (QED) is 0.926. The number of benzene rings is 1. The Labute approximate surface area is 136 Å². The summed E-state index contributed by atoms with van der Waals surface area (Å²) in [6.07, 6.45) is 4.28. The van der Waals surface area contributed by atoms with Crippen LogP contribution in [0.2, 0.25) is 0 Å². The van der Waals surface area contributed by atoms with E-state index in [0.717, 1.165) is 30.1 Å². The Morgan fingerprint density at radius 2 is 2.13 bits per heavy atom. The van der Waals surface area contributed by atoms with Crippen molar-refractivity contribution in [3.05, 3.63) is 47.8 Å². The number of hydrogen-bond acceptors (Lipinski definition) is 2. The highest BCUT2D eigenvalue weighted by Gasteiger charge is 2.35. The van der Waals surface area contributed by atoms with Gasteiger partial charge in [0.15, 0.2) is 0 Å². The van der Waals surface area contributed by atoms with Crippen LogP contribution in [0.15, 0.2) is 36.5 Å². The van der Waals surface area contributed by atoms with Crippen LogP contribution in [-0.2, 0) is 0 Å². The third kappa shape index (κ3) is 2.57. The minimum Gasteiger partial charge on any atom is -0.351 e. The Morgan fingerprint density at radius 1 is 1.26 bits per heavy atom. The Hall–Kier alpha value is -2.07. The average Bonchev–Trinajstić information content (AvgIpc) is 3.11. The Kier molecular flexibility index (Phi) is 3.49. The second kappa shape index (κ2) is 5.53. The number of primary amides is 1. The second-order valence-electron chi connectivity index (χ2n) is 7.04. The molecule has 3 heterocycles. The van der Waals surface area contributed by atoms with Gasteiger partial charge in [-0.2, -0.15) is 0 Å². The van der Waals surface area contributed by atoms with E-state index in [9.17, 15) is 4.79 Å². The normalized spacial score (nSPS) is 26.4. The molecule has 23 heavy (non-hydrogen) atoms. The SMILES string of the molecule is Cc1cccc(-c2ccn(C(N)=O)c2C2CC3CCN(C3)C2)c1. The zero-order valence-corrected chi connectivity index (χ0v) is 13.5. The monoisotopic (exact) mass is 309 g/mol. The van der Waals surface area contributed by atoms with Crippen LogP contribution in [0.1, 0.15) is 30.0 Å². The first-order chi connectivity index (χ1) is 11.1. The molecular weight excluding hydrogens is 286 g/mol. The fraction of sp³-hybridized carbons (Fsp3) is 0.421. The number of nitrogens with two attached hydrogens (primary N) is 1. The van der Waals surface area contributed by atoms with Gasteiger partial charge in [-0.15, -0.1) is 0 Å². The Morgan fingerprint density at radius 3 is 2.87 bits per heavy atom. The number of piperidine rings is 1. The number of hydrogen-bond donors (Lipinski definition) is 1. The van der Waals surface area contributed by atoms with Crippen molar-refractivity contribution in [1.29, 1.82) is 0 Å². The summed E-state index contributed by atoms with van der Waals surface area (Å²) in [7, 11) is 0. The number of aromatic nitrogens is 1. The molecule has 2 aliphatic heterocycles. The van der Waals surface area contributed by atoms with Crippen LogP contribution in [0.4, 0.5) is 4.79 Å². The number of fused-ring (bicyclic) bond motifs is 2. The molecule has 4 heteroatoms. The van der Waals surface area contributed by atoms with E-state index in [1.807, 2.05) is 12.3 Å². The molecule has 2 fully saturated rings. The van der Waals surface area contributed by atoms with Crippen molar-refractivity contribution in [3.8, 4) is 11.1 Å².